The Bertz CT molecular complexity index is 374. The zero-order valence-corrected chi connectivity index (χ0v) is 10.8. The smallest absolute Gasteiger partial charge is 0.167 e. The van der Waals surface area contributed by atoms with Crippen molar-refractivity contribution < 1.29 is 9.53 Å². The molecule has 0 aromatic heterocycles. The van der Waals surface area contributed by atoms with Crippen molar-refractivity contribution in [1.29, 1.82) is 0 Å². The van der Waals surface area contributed by atoms with Gasteiger partial charge in [-0.1, -0.05) is 26.0 Å². The van der Waals surface area contributed by atoms with Crippen LogP contribution in [0.15, 0.2) is 24.3 Å². The fourth-order valence-electron chi connectivity index (χ4n) is 1.89. The molecule has 0 bridgehead atoms. The predicted octanol–water partition coefficient (Wildman–Crippen LogP) is 2.50. The number of rotatable bonds is 6. The molecule has 0 aliphatic heterocycles. The topological polar surface area (TPSA) is 52.3 Å². The van der Waals surface area contributed by atoms with E-state index in [1.54, 1.807) is 13.2 Å². The Morgan fingerprint density at radius 3 is 2.65 bits per heavy atom. The molecule has 0 amide bonds. The number of carbonyl (C=O) groups is 1. The van der Waals surface area contributed by atoms with Gasteiger partial charge in [-0.05, 0) is 24.5 Å². The summed E-state index contributed by atoms with van der Waals surface area (Å²) >= 11 is 0. The van der Waals surface area contributed by atoms with E-state index in [-0.39, 0.29) is 11.7 Å². The van der Waals surface area contributed by atoms with Crippen LogP contribution in [0.1, 0.15) is 30.6 Å². The third kappa shape index (κ3) is 3.86. The second-order valence-electron chi connectivity index (χ2n) is 4.66. The predicted molar refractivity (Wildman–Crippen MR) is 69.3 cm³/mol. The van der Waals surface area contributed by atoms with Gasteiger partial charge in [0, 0.05) is 18.0 Å². The summed E-state index contributed by atoms with van der Waals surface area (Å²) in [6.07, 6.45) is 0.826. The normalized spacial score (nSPS) is 12.5. The quantitative estimate of drug-likeness (QED) is 0.771. The highest BCUT2D eigenvalue weighted by atomic mass is 16.5. The summed E-state index contributed by atoms with van der Waals surface area (Å²) in [5.41, 5.74) is 6.36. The number of hydrogen-bond donors (Lipinski definition) is 1. The molecule has 0 aliphatic carbocycles. The number of benzene rings is 1. The molecule has 17 heavy (non-hydrogen) atoms. The molecule has 94 valence electrons. The maximum atomic E-state index is 12.2. The molecule has 0 aliphatic rings. The summed E-state index contributed by atoms with van der Waals surface area (Å²) in [6.45, 7) is 4.59. The van der Waals surface area contributed by atoms with Crippen LogP contribution in [-0.2, 0) is 0 Å². The highest BCUT2D eigenvalue weighted by molar-refractivity contribution is 5.98. The Morgan fingerprint density at radius 1 is 1.41 bits per heavy atom. The molecule has 0 spiro atoms. The highest BCUT2D eigenvalue weighted by Gasteiger charge is 2.19. The lowest BCUT2D eigenvalue weighted by Gasteiger charge is -2.16. The highest BCUT2D eigenvalue weighted by Crippen LogP contribution is 2.19. The molecule has 0 heterocycles. The minimum absolute atomic E-state index is 0.0953. The van der Waals surface area contributed by atoms with Gasteiger partial charge >= 0.3 is 0 Å². The number of ether oxygens (including phenoxy) is 1. The Morgan fingerprint density at radius 2 is 2.12 bits per heavy atom. The van der Waals surface area contributed by atoms with Crippen molar-refractivity contribution >= 4 is 5.78 Å². The van der Waals surface area contributed by atoms with Crippen molar-refractivity contribution in [2.45, 2.75) is 20.3 Å². The Balaban J connectivity index is 2.85. The number of carbonyl (C=O) groups excluding carboxylic acids is 1. The lowest BCUT2D eigenvalue weighted by atomic mass is 9.90. The van der Waals surface area contributed by atoms with Gasteiger partial charge < -0.3 is 10.5 Å². The van der Waals surface area contributed by atoms with Crippen LogP contribution in [0.3, 0.4) is 0 Å². The van der Waals surface area contributed by atoms with Crippen molar-refractivity contribution in [3.05, 3.63) is 29.8 Å². The molecule has 2 N–H and O–H groups in total. The molecular weight excluding hydrogens is 214 g/mol. The maximum absolute atomic E-state index is 12.2. The average Bonchev–Trinajstić information content (AvgIpc) is 2.35. The monoisotopic (exact) mass is 235 g/mol. The van der Waals surface area contributed by atoms with Crippen LogP contribution in [0.5, 0.6) is 5.75 Å². The maximum Gasteiger partial charge on any atom is 0.167 e. The van der Waals surface area contributed by atoms with E-state index in [0.717, 1.165) is 6.42 Å². The van der Waals surface area contributed by atoms with E-state index in [9.17, 15) is 4.79 Å². The van der Waals surface area contributed by atoms with Crippen molar-refractivity contribution in [3.8, 4) is 5.75 Å². The third-order valence-electron chi connectivity index (χ3n) is 2.77. The Hall–Kier alpha value is -1.35. The van der Waals surface area contributed by atoms with Crippen LogP contribution >= 0.6 is 0 Å². The molecule has 0 saturated carbocycles. The Kier molecular flexibility index (Phi) is 5.16. The summed E-state index contributed by atoms with van der Waals surface area (Å²) in [4.78, 5) is 12.2. The lowest BCUT2D eigenvalue weighted by Crippen LogP contribution is -2.25. The third-order valence-corrected chi connectivity index (χ3v) is 2.77. The van der Waals surface area contributed by atoms with E-state index >= 15 is 0 Å². The molecular formula is C14H21NO2. The number of Topliss-reactive ketones (excluding diaryl/α,β-unsaturated/α-hetero) is 1. The number of ketones is 1. The molecule has 3 heteroatoms. The lowest BCUT2D eigenvalue weighted by molar-refractivity contribution is 0.0908. The summed E-state index contributed by atoms with van der Waals surface area (Å²) < 4.78 is 5.12. The van der Waals surface area contributed by atoms with Crippen molar-refractivity contribution in [3.63, 3.8) is 0 Å². The van der Waals surface area contributed by atoms with E-state index in [1.165, 1.54) is 0 Å². The van der Waals surface area contributed by atoms with Gasteiger partial charge in [0.25, 0.3) is 0 Å². The molecule has 0 saturated heterocycles. The van der Waals surface area contributed by atoms with Crippen LogP contribution in [0.25, 0.3) is 0 Å². The number of hydrogen-bond acceptors (Lipinski definition) is 3. The zero-order chi connectivity index (χ0) is 12.8. The molecule has 3 nitrogen and oxygen atoms in total. The first-order valence-corrected chi connectivity index (χ1v) is 5.96. The molecule has 1 unspecified atom stereocenters. The van der Waals surface area contributed by atoms with Gasteiger partial charge in [-0.25, -0.2) is 0 Å². The minimum atomic E-state index is -0.0953. The second kappa shape index (κ2) is 6.40. The van der Waals surface area contributed by atoms with Crippen LogP contribution in [-0.4, -0.2) is 19.4 Å². The van der Waals surface area contributed by atoms with Crippen LogP contribution in [0, 0.1) is 11.8 Å². The molecule has 1 rings (SSSR count). The van der Waals surface area contributed by atoms with E-state index in [0.29, 0.717) is 23.8 Å². The summed E-state index contributed by atoms with van der Waals surface area (Å²) in [5, 5.41) is 0. The summed E-state index contributed by atoms with van der Waals surface area (Å²) in [6, 6.07) is 7.24. The SMILES string of the molecule is COc1cccc(C(=O)C(CN)CC(C)C)c1. The molecule has 0 fully saturated rings. The zero-order valence-electron chi connectivity index (χ0n) is 10.8. The Labute approximate surface area is 103 Å². The minimum Gasteiger partial charge on any atom is -0.497 e. The molecule has 1 aromatic carbocycles. The first-order chi connectivity index (χ1) is 8.08. The van der Waals surface area contributed by atoms with Gasteiger partial charge in [-0.2, -0.15) is 0 Å². The largest absolute Gasteiger partial charge is 0.497 e. The summed E-state index contributed by atoms with van der Waals surface area (Å²) in [5.74, 6) is 1.19. The van der Waals surface area contributed by atoms with Crippen LogP contribution < -0.4 is 10.5 Å². The molecule has 1 atom stereocenters. The van der Waals surface area contributed by atoms with E-state index < -0.39 is 0 Å². The van der Waals surface area contributed by atoms with Crippen LogP contribution in [0.4, 0.5) is 0 Å². The van der Waals surface area contributed by atoms with Gasteiger partial charge in [0.2, 0.25) is 0 Å². The van der Waals surface area contributed by atoms with E-state index in [2.05, 4.69) is 13.8 Å². The molecule has 0 radical (unpaired) electrons. The van der Waals surface area contributed by atoms with Gasteiger partial charge in [-0.3, -0.25) is 4.79 Å². The van der Waals surface area contributed by atoms with Gasteiger partial charge in [0.05, 0.1) is 7.11 Å². The van der Waals surface area contributed by atoms with E-state index in [4.69, 9.17) is 10.5 Å². The summed E-state index contributed by atoms with van der Waals surface area (Å²) in [7, 11) is 1.60. The van der Waals surface area contributed by atoms with Gasteiger partial charge in [0.1, 0.15) is 5.75 Å². The van der Waals surface area contributed by atoms with Crippen LogP contribution in [0.2, 0.25) is 0 Å². The van der Waals surface area contributed by atoms with E-state index in [1.807, 2.05) is 18.2 Å². The average molecular weight is 235 g/mol. The number of nitrogens with two attached hydrogens (primary N) is 1. The fourth-order valence-corrected chi connectivity index (χ4v) is 1.89. The van der Waals surface area contributed by atoms with Gasteiger partial charge in [0.15, 0.2) is 5.78 Å². The first-order valence-electron chi connectivity index (χ1n) is 5.96. The second-order valence-corrected chi connectivity index (χ2v) is 4.66. The van der Waals surface area contributed by atoms with Crippen molar-refractivity contribution in [2.75, 3.05) is 13.7 Å². The fraction of sp³-hybridized carbons (Fsp3) is 0.500. The molecule has 1 aromatic rings. The number of methoxy groups -OCH3 is 1. The van der Waals surface area contributed by atoms with Crippen molar-refractivity contribution in [2.24, 2.45) is 17.6 Å². The standard InChI is InChI=1S/C14H21NO2/c1-10(2)7-12(9-15)14(16)11-5-4-6-13(8-11)17-3/h4-6,8,10,12H,7,9,15H2,1-3H3. The van der Waals surface area contributed by atoms with Gasteiger partial charge in [-0.15, -0.1) is 0 Å². The first kappa shape index (κ1) is 13.7. The van der Waals surface area contributed by atoms with Crippen molar-refractivity contribution in [1.82, 2.24) is 0 Å².